The van der Waals surface area contributed by atoms with E-state index in [1.165, 1.54) is 116 Å². The van der Waals surface area contributed by atoms with E-state index in [1.54, 1.807) is 6.08 Å². The Bertz CT molecular complexity index is 1130. The minimum Gasteiger partial charge on any atom is -0.756 e. The van der Waals surface area contributed by atoms with Crippen LogP contribution in [0.25, 0.3) is 0 Å². The number of phosphoric ester groups is 1. The van der Waals surface area contributed by atoms with Crippen LogP contribution in [0.15, 0.2) is 60.8 Å². The largest absolute Gasteiger partial charge is 0.756 e. The molecule has 0 radical (unpaired) electrons. The molecule has 3 unspecified atom stereocenters. The van der Waals surface area contributed by atoms with Gasteiger partial charge in [-0.25, -0.2) is 0 Å². The van der Waals surface area contributed by atoms with Crippen LogP contribution >= 0.6 is 7.82 Å². The lowest BCUT2D eigenvalue weighted by atomic mass is 10.0. The number of unbranched alkanes of at least 4 members (excludes halogenated alkanes) is 21. The molecule has 0 aliphatic rings. The highest BCUT2D eigenvalue weighted by atomic mass is 31.2. The van der Waals surface area contributed by atoms with Crippen LogP contribution in [-0.2, 0) is 18.4 Å². The number of aliphatic hydroxyl groups excluding tert-OH is 1. The molecule has 58 heavy (non-hydrogen) atoms. The zero-order chi connectivity index (χ0) is 42.8. The minimum atomic E-state index is -4.60. The average molecular weight is 835 g/mol. The number of hydrogen-bond donors (Lipinski definition) is 2. The van der Waals surface area contributed by atoms with Gasteiger partial charge in [-0.1, -0.05) is 177 Å². The second kappa shape index (κ2) is 40.6. The molecule has 0 rings (SSSR count). The van der Waals surface area contributed by atoms with Crippen LogP contribution in [0, 0.1) is 0 Å². The molecule has 0 aromatic carbocycles. The lowest BCUT2D eigenvalue weighted by Crippen LogP contribution is -2.45. The van der Waals surface area contributed by atoms with Gasteiger partial charge in [0.2, 0.25) is 5.91 Å². The standard InChI is InChI=1S/C49H91N2O6P/c1-6-8-10-12-14-16-18-20-22-23-24-25-26-27-29-31-33-35-37-39-41-43-49(53)50-47(46-57-58(54,55)56-45-44-51(3,4)5)48(52)42-40-38-36-34-32-30-28-21-19-17-15-13-11-9-7-2/h8,10,14,16,19,21,32,34,40,42,47-48,52H,6-7,9,11-13,15,17-18,20,22-31,33,35-39,41,43-46H2,1-5H3,(H-,50,53,54,55)/b10-8-,16-14-,21-19+,34-32+,42-40+. The number of phosphoric acid groups is 1. The molecule has 0 aliphatic heterocycles. The third-order valence-corrected chi connectivity index (χ3v) is 11.2. The van der Waals surface area contributed by atoms with Gasteiger partial charge >= 0.3 is 0 Å². The third-order valence-electron chi connectivity index (χ3n) is 10.2. The van der Waals surface area contributed by atoms with Crippen molar-refractivity contribution in [2.45, 2.75) is 206 Å². The summed E-state index contributed by atoms with van der Waals surface area (Å²) < 4.78 is 23.2. The average Bonchev–Trinajstić information content (AvgIpc) is 3.17. The van der Waals surface area contributed by atoms with Gasteiger partial charge < -0.3 is 28.8 Å². The van der Waals surface area contributed by atoms with E-state index in [0.717, 1.165) is 57.8 Å². The summed E-state index contributed by atoms with van der Waals surface area (Å²) >= 11 is 0. The van der Waals surface area contributed by atoms with E-state index in [1.807, 2.05) is 27.2 Å². The predicted octanol–water partition coefficient (Wildman–Crippen LogP) is 12.8. The first-order valence-corrected chi connectivity index (χ1v) is 25.1. The summed E-state index contributed by atoms with van der Waals surface area (Å²) in [7, 11) is 1.23. The molecule has 1 amide bonds. The number of amides is 1. The molecule has 8 nitrogen and oxygen atoms in total. The SMILES string of the molecule is CC/C=C\C/C=C\CCCCCCCCCCCCCCCCC(=O)NC(COP(=O)([O-])OCC[N+](C)(C)C)C(O)/C=C/CC/C=C/CC/C=C/CCCCCCC. The lowest BCUT2D eigenvalue weighted by Gasteiger charge is -2.29. The molecular weight excluding hydrogens is 744 g/mol. The van der Waals surface area contributed by atoms with Gasteiger partial charge in [0.15, 0.2) is 0 Å². The van der Waals surface area contributed by atoms with Crippen molar-refractivity contribution in [2.24, 2.45) is 0 Å². The van der Waals surface area contributed by atoms with Crippen molar-refractivity contribution in [3.63, 3.8) is 0 Å². The molecule has 0 aliphatic carbocycles. The van der Waals surface area contributed by atoms with E-state index in [-0.39, 0.29) is 12.5 Å². The number of carbonyl (C=O) groups excluding carboxylic acids is 1. The second-order valence-electron chi connectivity index (χ2n) is 17.1. The maximum atomic E-state index is 12.9. The van der Waals surface area contributed by atoms with Crippen LogP contribution in [-0.4, -0.2) is 68.5 Å². The molecule has 3 atom stereocenters. The minimum absolute atomic E-state index is 0.0105. The molecule has 0 saturated heterocycles. The number of likely N-dealkylation sites (N-methyl/N-ethyl adjacent to an activating group) is 1. The van der Waals surface area contributed by atoms with Crippen LogP contribution in [0.3, 0.4) is 0 Å². The Balaban J connectivity index is 4.38. The van der Waals surface area contributed by atoms with Crippen molar-refractivity contribution >= 4 is 13.7 Å². The van der Waals surface area contributed by atoms with Crippen LogP contribution in [0.5, 0.6) is 0 Å². The smallest absolute Gasteiger partial charge is 0.268 e. The van der Waals surface area contributed by atoms with E-state index >= 15 is 0 Å². The summed E-state index contributed by atoms with van der Waals surface area (Å²) in [4.78, 5) is 25.3. The van der Waals surface area contributed by atoms with Gasteiger partial charge in [0.1, 0.15) is 13.2 Å². The number of hydrogen-bond acceptors (Lipinski definition) is 6. The number of quaternary nitrogens is 1. The summed E-state index contributed by atoms with van der Waals surface area (Å²) in [6, 6.07) is -0.910. The molecule has 0 aromatic rings. The molecule has 2 N–H and O–H groups in total. The Morgan fingerprint density at radius 3 is 1.59 bits per heavy atom. The van der Waals surface area contributed by atoms with E-state index in [2.05, 4.69) is 67.8 Å². The molecule has 0 fully saturated rings. The highest BCUT2D eigenvalue weighted by Crippen LogP contribution is 2.38. The Morgan fingerprint density at radius 2 is 1.07 bits per heavy atom. The van der Waals surface area contributed by atoms with E-state index < -0.39 is 26.6 Å². The second-order valence-corrected chi connectivity index (χ2v) is 18.5. The lowest BCUT2D eigenvalue weighted by molar-refractivity contribution is -0.870. The molecule has 9 heteroatoms. The fraction of sp³-hybridized carbons (Fsp3) is 0.776. The highest BCUT2D eigenvalue weighted by molar-refractivity contribution is 7.45. The van der Waals surface area contributed by atoms with E-state index in [0.29, 0.717) is 17.4 Å². The first-order chi connectivity index (χ1) is 28.0. The quantitative estimate of drug-likeness (QED) is 0.0274. The Hall–Kier alpha value is -1.80. The fourth-order valence-corrected chi connectivity index (χ4v) is 7.18. The molecule has 0 saturated carbocycles. The van der Waals surface area contributed by atoms with Crippen LogP contribution in [0.4, 0.5) is 0 Å². The number of aliphatic hydroxyl groups is 1. The molecule has 0 aromatic heterocycles. The summed E-state index contributed by atoms with van der Waals surface area (Å²) in [5, 5.41) is 13.8. The van der Waals surface area contributed by atoms with Gasteiger partial charge in [-0.05, 0) is 70.6 Å². The van der Waals surface area contributed by atoms with Crippen molar-refractivity contribution in [1.29, 1.82) is 0 Å². The number of nitrogens with one attached hydrogen (secondary N) is 1. The Kier molecular flexibility index (Phi) is 39.3. The van der Waals surface area contributed by atoms with Crippen molar-refractivity contribution in [3.05, 3.63) is 60.8 Å². The maximum Gasteiger partial charge on any atom is 0.268 e. The van der Waals surface area contributed by atoms with Crippen molar-refractivity contribution in [1.82, 2.24) is 5.32 Å². The van der Waals surface area contributed by atoms with Gasteiger partial charge in [-0.2, -0.15) is 0 Å². The summed E-state index contributed by atoms with van der Waals surface area (Å²) in [5.41, 5.74) is 0. The number of rotatable bonds is 42. The maximum absolute atomic E-state index is 12.9. The van der Waals surface area contributed by atoms with Crippen LogP contribution in [0.1, 0.15) is 194 Å². The van der Waals surface area contributed by atoms with Crippen molar-refractivity contribution < 1.29 is 32.9 Å². The number of nitrogens with zero attached hydrogens (tertiary/aromatic N) is 1. The van der Waals surface area contributed by atoms with Gasteiger partial charge in [-0.3, -0.25) is 9.36 Å². The first-order valence-electron chi connectivity index (χ1n) is 23.7. The van der Waals surface area contributed by atoms with E-state index in [4.69, 9.17) is 9.05 Å². The monoisotopic (exact) mass is 835 g/mol. The predicted molar refractivity (Wildman–Crippen MR) is 247 cm³/mol. The molecule has 338 valence electrons. The molecule has 0 bridgehead atoms. The number of allylic oxidation sites excluding steroid dienone is 9. The topological polar surface area (TPSA) is 108 Å². The summed E-state index contributed by atoms with van der Waals surface area (Å²) in [5.74, 6) is -0.214. The molecular formula is C49H91N2O6P. The van der Waals surface area contributed by atoms with Gasteiger partial charge in [0.05, 0.1) is 39.9 Å². The summed E-state index contributed by atoms with van der Waals surface area (Å²) in [6.07, 6.45) is 52.7. The van der Waals surface area contributed by atoms with Gasteiger partial charge in [0, 0.05) is 6.42 Å². The zero-order valence-corrected chi connectivity index (χ0v) is 39.1. The highest BCUT2D eigenvalue weighted by Gasteiger charge is 2.23. The Morgan fingerprint density at radius 1 is 0.621 bits per heavy atom. The van der Waals surface area contributed by atoms with Crippen molar-refractivity contribution in [3.8, 4) is 0 Å². The summed E-state index contributed by atoms with van der Waals surface area (Å²) in [6.45, 7) is 4.49. The van der Waals surface area contributed by atoms with Gasteiger partial charge in [-0.15, -0.1) is 0 Å². The third kappa shape index (κ3) is 42.3. The first kappa shape index (κ1) is 56.2. The zero-order valence-electron chi connectivity index (χ0n) is 38.2. The van der Waals surface area contributed by atoms with Crippen molar-refractivity contribution in [2.75, 3.05) is 40.9 Å². The fourth-order valence-electron chi connectivity index (χ4n) is 6.46. The van der Waals surface area contributed by atoms with Crippen LogP contribution < -0.4 is 10.2 Å². The van der Waals surface area contributed by atoms with E-state index in [9.17, 15) is 19.4 Å². The molecule has 0 heterocycles. The normalized spacial score (nSPS) is 14.8. The van der Waals surface area contributed by atoms with Crippen LogP contribution in [0.2, 0.25) is 0 Å². The van der Waals surface area contributed by atoms with Gasteiger partial charge in [0.25, 0.3) is 7.82 Å². The molecule has 0 spiro atoms. The Labute approximate surface area is 358 Å². The number of carbonyl (C=O) groups is 1.